The van der Waals surface area contributed by atoms with E-state index in [1.807, 2.05) is 0 Å². The van der Waals surface area contributed by atoms with Crippen LogP contribution in [0.5, 0.6) is 0 Å². The van der Waals surface area contributed by atoms with E-state index in [2.05, 4.69) is 25.1 Å². The fraction of sp³-hybridized carbons (Fsp3) is 0.842. The van der Waals surface area contributed by atoms with Crippen LogP contribution in [0.2, 0.25) is 0 Å². The zero-order chi connectivity index (χ0) is 24.5. The molecule has 1 aromatic heterocycles. The minimum atomic E-state index is -4.67. The molecule has 0 spiro atoms. The molecule has 3 fully saturated rings. The molecule has 1 aromatic rings. The quantitative estimate of drug-likeness (QED) is 0.546. The van der Waals surface area contributed by atoms with Crippen LogP contribution in [0, 0.1) is 0 Å². The third-order valence-electron chi connectivity index (χ3n) is 6.05. The first-order chi connectivity index (χ1) is 15.9. The Balaban J connectivity index is 1.11. The lowest BCUT2D eigenvalue weighted by Crippen LogP contribution is -2.45. The number of carbonyl (C=O) groups excluding carboxylic acids is 1. The Labute approximate surface area is 190 Å². The van der Waals surface area contributed by atoms with Gasteiger partial charge in [-0.15, -0.1) is 31.4 Å². The zero-order valence-electron chi connectivity index (χ0n) is 17.8. The van der Waals surface area contributed by atoms with Gasteiger partial charge in [0.25, 0.3) is 0 Å². The number of carbonyl (C=O) groups is 1. The van der Waals surface area contributed by atoms with Crippen LogP contribution in [0.15, 0.2) is 6.20 Å². The van der Waals surface area contributed by atoms with E-state index in [0.29, 0.717) is 18.5 Å². The maximum absolute atomic E-state index is 12.2. The van der Waals surface area contributed by atoms with E-state index in [1.54, 1.807) is 6.20 Å². The molecule has 2 atom stereocenters. The molecule has 0 bridgehead atoms. The van der Waals surface area contributed by atoms with Crippen molar-refractivity contribution in [2.75, 3.05) is 13.2 Å². The van der Waals surface area contributed by atoms with Crippen molar-refractivity contribution in [3.05, 3.63) is 11.9 Å². The number of hydrogen-bond donors (Lipinski definition) is 1. The molecular formula is C19H24F6N4O5. The smallest absolute Gasteiger partial charge is 0.370 e. The molecule has 0 radical (unpaired) electrons. The Morgan fingerprint density at radius 2 is 1.68 bits per heavy atom. The number of nitrogens with zero attached hydrogens (tertiary/aromatic N) is 3. The van der Waals surface area contributed by atoms with E-state index in [0.717, 1.165) is 0 Å². The molecular weight excluding hydrogens is 478 g/mol. The van der Waals surface area contributed by atoms with Crippen LogP contribution in [0.4, 0.5) is 26.3 Å². The second-order valence-electron chi connectivity index (χ2n) is 8.69. The molecule has 1 saturated heterocycles. The van der Waals surface area contributed by atoms with E-state index in [9.17, 15) is 31.1 Å². The predicted molar refractivity (Wildman–Crippen MR) is 99.0 cm³/mol. The summed E-state index contributed by atoms with van der Waals surface area (Å²) in [6.45, 7) is -0.0444. The van der Waals surface area contributed by atoms with Crippen LogP contribution in [-0.4, -0.2) is 71.2 Å². The standard InChI is InChI=1S/C19H24F6N4O5/c20-18(21,22)33-13-3-11(4-13)29-7-15(27-28-29)16-2-1-10(8-32-16)26-17(30)9-31-12-5-14(6-12)34-19(23,24)25/h7,10-14,16H,1-6,8-9H2,(H,26,30)/t10-,11-,12-,13+,14+,16+/m0/s1. The van der Waals surface area contributed by atoms with Crippen molar-refractivity contribution in [3.63, 3.8) is 0 Å². The molecule has 0 aromatic carbocycles. The largest absolute Gasteiger partial charge is 0.522 e. The van der Waals surface area contributed by atoms with Crippen molar-refractivity contribution >= 4 is 5.91 Å². The SMILES string of the molecule is O=C(CO[C@H]1C[C@@H](OC(F)(F)F)C1)N[C@H]1CC[C@H](c2cn([C@H]3C[C@@H](OC(F)(F)F)C3)nn2)OC1. The summed E-state index contributed by atoms with van der Waals surface area (Å²) < 4.78 is 93.4. The van der Waals surface area contributed by atoms with Crippen LogP contribution in [0.3, 0.4) is 0 Å². The molecule has 9 nitrogen and oxygen atoms in total. The molecule has 3 aliphatic rings. The number of ether oxygens (including phenoxy) is 4. The molecule has 2 heterocycles. The highest BCUT2D eigenvalue weighted by Gasteiger charge is 2.42. The lowest BCUT2D eigenvalue weighted by Gasteiger charge is -2.35. The van der Waals surface area contributed by atoms with Crippen molar-refractivity contribution < 1.29 is 50.1 Å². The summed E-state index contributed by atoms with van der Waals surface area (Å²) in [6, 6.07) is -0.466. The number of amides is 1. The summed E-state index contributed by atoms with van der Waals surface area (Å²) in [5, 5.41) is 10.8. The predicted octanol–water partition coefficient (Wildman–Crippen LogP) is 2.94. The second-order valence-corrected chi connectivity index (χ2v) is 8.69. The van der Waals surface area contributed by atoms with Gasteiger partial charge in [0.2, 0.25) is 5.91 Å². The molecule has 15 heteroatoms. The van der Waals surface area contributed by atoms with Crippen LogP contribution >= 0.6 is 0 Å². The monoisotopic (exact) mass is 502 g/mol. The van der Waals surface area contributed by atoms with E-state index in [4.69, 9.17) is 9.47 Å². The molecule has 0 unspecified atom stereocenters. The van der Waals surface area contributed by atoms with Gasteiger partial charge in [0, 0.05) is 12.8 Å². The van der Waals surface area contributed by atoms with E-state index < -0.39 is 36.9 Å². The summed E-state index contributed by atoms with van der Waals surface area (Å²) in [7, 11) is 0. The van der Waals surface area contributed by atoms with Gasteiger partial charge in [-0.2, -0.15) is 0 Å². The van der Waals surface area contributed by atoms with Gasteiger partial charge in [-0.1, -0.05) is 5.21 Å². The molecule has 2 aliphatic carbocycles. The molecule has 4 rings (SSSR count). The summed E-state index contributed by atoms with van der Waals surface area (Å²) in [6.07, 6.45) is -8.58. The van der Waals surface area contributed by atoms with Gasteiger partial charge in [-0.3, -0.25) is 14.3 Å². The number of nitrogens with one attached hydrogen (secondary N) is 1. The fourth-order valence-corrected chi connectivity index (χ4v) is 4.16. The highest BCUT2D eigenvalue weighted by Crippen LogP contribution is 2.38. The average molecular weight is 502 g/mol. The Morgan fingerprint density at radius 3 is 2.26 bits per heavy atom. The Morgan fingerprint density at radius 1 is 1.03 bits per heavy atom. The topological polar surface area (TPSA) is 96.7 Å². The first kappa shape index (κ1) is 25.1. The zero-order valence-corrected chi connectivity index (χ0v) is 17.8. The van der Waals surface area contributed by atoms with Crippen LogP contribution in [0.1, 0.15) is 56.4 Å². The third kappa shape index (κ3) is 7.02. The maximum Gasteiger partial charge on any atom is 0.522 e. The minimum absolute atomic E-state index is 0.0819. The maximum atomic E-state index is 12.2. The lowest BCUT2D eigenvalue weighted by atomic mass is 9.89. The van der Waals surface area contributed by atoms with Crippen LogP contribution in [0.25, 0.3) is 0 Å². The Bertz CT molecular complexity index is 830. The second kappa shape index (κ2) is 9.95. The van der Waals surface area contributed by atoms with Gasteiger partial charge in [0.1, 0.15) is 18.4 Å². The van der Waals surface area contributed by atoms with Crippen molar-refractivity contribution in [1.29, 1.82) is 0 Å². The first-order valence-electron chi connectivity index (χ1n) is 10.9. The fourth-order valence-electron chi connectivity index (χ4n) is 4.16. The Hall–Kier alpha value is -1.97. The molecule has 1 N–H and O–H groups in total. The number of alkyl halides is 6. The molecule has 34 heavy (non-hydrogen) atoms. The number of hydrogen-bond acceptors (Lipinski definition) is 7. The van der Waals surface area contributed by atoms with Gasteiger partial charge in [-0.25, -0.2) is 4.68 Å². The van der Waals surface area contributed by atoms with Crippen molar-refractivity contribution in [2.45, 2.75) is 87.7 Å². The Kier molecular flexibility index (Phi) is 7.36. The summed E-state index contributed by atoms with van der Waals surface area (Å²) in [5.41, 5.74) is 0.564. The number of aromatic nitrogens is 3. The number of halogens is 6. The normalized spacial score (nSPS) is 32.1. The van der Waals surface area contributed by atoms with E-state index in [-0.39, 0.29) is 57.1 Å². The summed E-state index contributed by atoms with van der Waals surface area (Å²) in [5.74, 6) is -0.390. The van der Waals surface area contributed by atoms with Gasteiger partial charge in [-0.05, 0) is 25.7 Å². The van der Waals surface area contributed by atoms with Gasteiger partial charge < -0.3 is 14.8 Å². The van der Waals surface area contributed by atoms with Crippen LogP contribution in [-0.2, 0) is 23.7 Å². The molecule has 192 valence electrons. The lowest BCUT2D eigenvalue weighted by molar-refractivity contribution is -0.357. The van der Waals surface area contributed by atoms with Crippen molar-refractivity contribution in [2.24, 2.45) is 0 Å². The van der Waals surface area contributed by atoms with E-state index >= 15 is 0 Å². The minimum Gasteiger partial charge on any atom is -0.370 e. The van der Waals surface area contributed by atoms with Gasteiger partial charge in [0.15, 0.2) is 0 Å². The van der Waals surface area contributed by atoms with Crippen molar-refractivity contribution in [1.82, 2.24) is 20.3 Å². The average Bonchev–Trinajstić information content (AvgIpc) is 3.14. The molecule has 2 saturated carbocycles. The number of rotatable bonds is 8. The van der Waals surface area contributed by atoms with Gasteiger partial charge in [0.05, 0.1) is 43.2 Å². The van der Waals surface area contributed by atoms with Gasteiger partial charge >= 0.3 is 12.7 Å². The van der Waals surface area contributed by atoms with Crippen LogP contribution < -0.4 is 5.32 Å². The summed E-state index contributed by atoms with van der Waals surface area (Å²) in [4.78, 5) is 12.0. The van der Waals surface area contributed by atoms with Crippen molar-refractivity contribution in [3.8, 4) is 0 Å². The van der Waals surface area contributed by atoms with E-state index in [1.165, 1.54) is 4.68 Å². The molecule has 1 amide bonds. The first-order valence-corrected chi connectivity index (χ1v) is 10.9. The highest BCUT2D eigenvalue weighted by atomic mass is 19.4. The third-order valence-corrected chi connectivity index (χ3v) is 6.05. The summed E-state index contributed by atoms with van der Waals surface area (Å²) >= 11 is 0. The highest BCUT2D eigenvalue weighted by molar-refractivity contribution is 5.77. The molecule has 1 aliphatic heterocycles.